The molecule has 2 aromatic heterocycles. The Labute approximate surface area is 160 Å². The van der Waals surface area contributed by atoms with Gasteiger partial charge < -0.3 is 9.73 Å². The molecule has 1 aromatic carbocycles. The van der Waals surface area contributed by atoms with Gasteiger partial charge in [-0.1, -0.05) is 36.4 Å². The maximum absolute atomic E-state index is 12.3. The van der Waals surface area contributed by atoms with Crippen molar-refractivity contribution in [2.45, 2.75) is 32.0 Å². The van der Waals surface area contributed by atoms with Crippen molar-refractivity contribution in [2.24, 2.45) is 0 Å². The minimum Gasteiger partial charge on any atom is -0.461 e. The minimum absolute atomic E-state index is 0.119. The number of furan rings is 1. The monoisotopic (exact) mass is 390 g/mol. The molecule has 8 heteroatoms. The van der Waals surface area contributed by atoms with Gasteiger partial charge in [0, 0.05) is 17.3 Å². The third-order valence-electron chi connectivity index (χ3n) is 3.71. The van der Waals surface area contributed by atoms with Crippen LogP contribution in [0.4, 0.5) is 5.69 Å². The van der Waals surface area contributed by atoms with Crippen LogP contribution in [0.1, 0.15) is 18.9 Å². The average Bonchev–Trinajstić information content (AvgIpc) is 3.26. The molecule has 0 saturated heterocycles. The van der Waals surface area contributed by atoms with Crippen molar-refractivity contribution in [1.82, 2.24) is 14.8 Å². The van der Waals surface area contributed by atoms with Crippen LogP contribution in [0.25, 0.3) is 11.6 Å². The summed E-state index contributed by atoms with van der Waals surface area (Å²) >= 11 is 7.34. The molecule has 1 amide bonds. The Hall–Kier alpha value is -2.25. The van der Waals surface area contributed by atoms with Gasteiger partial charge >= 0.3 is 0 Å². The summed E-state index contributed by atoms with van der Waals surface area (Å²) in [6, 6.07) is 9.07. The van der Waals surface area contributed by atoms with Gasteiger partial charge in [-0.3, -0.25) is 9.36 Å². The molecular formula is C18H19ClN4O2S. The van der Waals surface area contributed by atoms with Crippen LogP contribution < -0.4 is 5.32 Å². The molecule has 0 aliphatic heterocycles. The summed E-state index contributed by atoms with van der Waals surface area (Å²) < 4.78 is 7.40. The fourth-order valence-electron chi connectivity index (χ4n) is 2.45. The molecule has 0 fully saturated rings. The summed E-state index contributed by atoms with van der Waals surface area (Å²) in [4.78, 5) is 12.3. The number of hydrogen-bond acceptors (Lipinski definition) is 5. The fourth-order valence-corrected chi connectivity index (χ4v) is 3.39. The molecule has 0 bridgehead atoms. The minimum atomic E-state index is -0.119. The predicted molar refractivity (Wildman–Crippen MR) is 104 cm³/mol. The van der Waals surface area contributed by atoms with Crippen molar-refractivity contribution < 1.29 is 9.21 Å². The highest BCUT2D eigenvalue weighted by atomic mass is 35.5. The molecule has 1 N–H and O–H groups in total. The van der Waals surface area contributed by atoms with Crippen molar-refractivity contribution in [2.75, 3.05) is 11.1 Å². The standard InChI is InChI=1S/C18H19ClN4O2S/c1-3-8-23-17(15-5-4-9-25-15)21-22-18(23)26-11-16(24)20-14-10-13(19)7-6-12(14)2/h4-7,9-10H,3,8,11H2,1-2H3,(H,20,24). The quantitative estimate of drug-likeness (QED) is 0.595. The van der Waals surface area contributed by atoms with Gasteiger partial charge in [0.15, 0.2) is 16.7 Å². The third kappa shape index (κ3) is 4.28. The van der Waals surface area contributed by atoms with Crippen molar-refractivity contribution in [3.05, 3.63) is 47.2 Å². The second kappa shape index (κ2) is 8.42. The Morgan fingerprint density at radius 2 is 2.19 bits per heavy atom. The van der Waals surface area contributed by atoms with Crippen molar-refractivity contribution in [3.8, 4) is 11.6 Å². The van der Waals surface area contributed by atoms with Gasteiger partial charge in [0.1, 0.15) is 0 Å². The van der Waals surface area contributed by atoms with E-state index in [1.54, 1.807) is 18.4 Å². The molecule has 0 unspecified atom stereocenters. The van der Waals surface area contributed by atoms with E-state index in [-0.39, 0.29) is 11.7 Å². The number of halogens is 1. The van der Waals surface area contributed by atoms with Gasteiger partial charge in [-0.25, -0.2) is 0 Å². The molecule has 0 atom stereocenters. The Morgan fingerprint density at radius 3 is 2.92 bits per heavy atom. The maximum Gasteiger partial charge on any atom is 0.234 e. The Balaban J connectivity index is 1.69. The Kier molecular flexibility index (Phi) is 6.00. The highest BCUT2D eigenvalue weighted by molar-refractivity contribution is 7.99. The zero-order valence-corrected chi connectivity index (χ0v) is 16.1. The molecule has 3 rings (SSSR count). The number of carbonyl (C=O) groups is 1. The van der Waals surface area contributed by atoms with Crippen molar-refractivity contribution in [3.63, 3.8) is 0 Å². The average molecular weight is 391 g/mol. The van der Waals surface area contributed by atoms with Gasteiger partial charge in [0.2, 0.25) is 5.91 Å². The molecule has 0 aliphatic rings. The molecule has 0 radical (unpaired) electrons. The van der Waals surface area contributed by atoms with Crippen LogP contribution in [0.2, 0.25) is 5.02 Å². The maximum atomic E-state index is 12.3. The zero-order chi connectivity index (χ0) is 18.5. The first-order valence-electron chi connectivity index (χ1n) is 8.24. The SMILES string of the molecule is CCCn1c(SCC(=O)Nc2cc(Cl)ccc2C)nnc1-c1ccco1. The number of nitrogens with one attached hydrogen (secondary N) is 1. The van der Waals surface area contributed by atoms with Crippen LogP contribution >= 0.6 is 23.4 Å². The summed E-state index contributed by atoms with van der Waals surface area (Å²) in [5.41, 5.74) is 1.68. The van der Waals surface area contributed by atoms with E-state index in [9.17, 15) is 4.79 Å². The van der Waals surface area contributed by atoms with Crippen LogP contribution in [-0.4, -0.2) is 26.4 Å². The molecule has 0 aliphatic carbocycles. The number of rotatable bonds is 7. The van der Waals surface area contributed by atoms with E-state index < -0.39 is 0 Å². The smallest absolute Gasteiger partial charge is 0.234 e. The first kappa shape index (κ1) is 18.5. The number of nitrogens with zero attached hydrogens (tertiary/aromatic N) is 3. The lowest BCUT2D eigenvalue weighted by Gasteiger charge is -2.09. The number of benzene rings is 1. The highest BCUT2D eigenvalue weighted by Crippen LogP contribution is 2.25. The number of hydrogen-bond donors (Lipinski definition) is 1. The Bertz CT molecular complexity index is 893. The third-order valence-corrected chi connectivity index (χ3v) is 4.91. The lowest BCUT2D eigenvalue weighted by atomic mass is 10.2. The summed E-state index contributed by atoms with van der Waals surface area (Å²) in [5.74, 6) is 1.44. The number of aryl methyl sites for hydroxylation is 1. The van der Waals surface area contributed by atoms with E-state index in [1.807, 2.05) is 29.7 Å². The number of thioether (sulfide) groups is 1. The summed E-state index contributed by atoms with van der Waals surface area (Å²) in [6.07, 6.45) is 2.53. The Morgan fingerprint density at radius 1 is 1.35 bits per heavy atom. The normalized spacial score (nSPS) is 10.9. The van der Waals surface area contributed by atoms with Gasteiger partial charge in [-0.05, 0) is 43.2 Å². The van der Waals surface area contributed by atoms with E-state index in [2.05, 4.69) is 22.4 Å². The fraction of sp³-hybridized carbons (Fsp3) is 0.278. The molecule has 136 valence electrons. The number of aromatic nitrogens is 3. The lowest BCUT2D eigenvalue weighted by Crippen LogP contribution is -2.15. The molecule has 2 heterocycles. The first-order chi connectivity index (χ1) is 12.6. The van der Waals surface area contributed by atoms with Gasteiger partial charge in [-0.2, -0.15) is 0 Å². The topological polar surface area (TPSA) is 73.0 Å². The number of anilines is 1. The number of amides is 1. The van der Waals surface area contributed by atoms with Crippen LogP contribution in [0, 0.1) is 6.92 Å². The predicted octanol–water partition coefficient (Wildman–Crippen LogP) is 4.64. The molecular weight excluding hydrogens is 372 g/mol. The van der Waals surface area contributed by atoms with E-state index in [0.717, 1.165) is 24.2 Å². The lowest BCUT2D eigenvalue weighted by molar-refractivity contribution is -0.113. The second-order valence-corrected chi connectivity index (χ2v) is 7.11. The summed E-state index contributed by atoms with van der Waals surface area (Å²) in [7, 11) is 0. The van der Waals surface area contributed by atoms with Crippen LogP contribution in [0.3, 0.4) is 0 Å². The van der Waals surface area contributed by atoms with Crippen LogP contribution in [-0.2, 0) is 11.3 Å². The highest BCUT2D eigenvalue weighted by Gasteiger charge is 2.17. The van der Waals surface area contributed by atoms with Gasteiger partial charge in [0.25, 0.3) is 0 Å². The van der Waals surface area contributed by atoms with Gasteiger partial charge in [0.05, 0.1) is 12.0 Å². The molecule has 6 nitrogen and oxygen atoms in total. The van der Waals surface area contributed by atoms with E-state index in [0.29, 0.717) is 21.8 Å². The summed E-state index contributed by atoms with van der Waals surface area (Å²) in [5, 5.41) is 12.6. The van der Waals surface area contributed by atoms with E-state index >= 15 is 0 Å². The zero-order valence-electron chi connectivity index (χ0n) is 14.5. The molecule has 26 heavy (non-hydrogen) atoms. The molecule has 0 saturated carbocycles. The van der Waals surface area contributed by atoms with Crippen LogP contribution in [0.5, 0.6) is 0 Å². The number of carbonyl (C=O) groups excluding carboxylic acids is 1. The molecule has 0 spiro atoms. The second-order valence-electron chi connectivity index (χ2n) is 5.73. The van der Waals surface area contributed by atoms with Crippen molar-refractivity contribution >= 4 is 35.0 Å². The first-order valence-corrected chi connectivity index (χ1v) is 9.60. The van der Waals surface area contributed by atoms with E-state index in [1.165, 1.54) is 11.8 Å². The van der Waals surface area contributed by atoms with E-state index in [4.69, 9.17) is 16.0 Å². The van der Waals surface area contributed by atoms with Crippen molar-refractivity contribution in [1.29, 1.82) is 0 Å². The van der Waals surface area contributed by atoms with Crippen LogP contribution in [0.15, 0.2) is 46.2 Å². The molecule has 3 aromatic rings. The largest absolute Gasteiger partial charge is 0.461 e. The summed E-state index contributed by atoms with van der Waals surface area (Å²) in [6.45, 7) is 4.75. The van der Waals surface area contributed by atoms with Gasteiger partial charge in [-0.15, -0.1) is 10.2 Å².